The third-order valence-corrected chi connectivity index (χ3v) is 6.92. The average Bonchev–Trinajstić information content (AvgIpc) is 3.27. The number of aryl methyl sites for hydroxylation is 3. The van der Waals surface area contributed by atoms with E-state index in [0.717, 1.165) is 32.5 Å². The van der Waals surface area contributed by atoms with Crippen molar-refractivity contribution in [2.45, 2.75) is 34.2 Å². The number of ether oxygens (including phenoxy) is 1. The van der Waals surface area contributed by atoms with Crippen LogP contribution in [0.25, 0.3) is 22.0 Å². The minimum absolute atomic E-state index is 0.249. The predicted molar refractivity (Wildman–Crippen MR) is 136 cm³/mol. The van der Waals surface area contributed by atoms with Crippen LogP contribution >= 0.6 is 22.9 Å². The van der Waals surface area contributed by atoms with Gasteiger partial charge in [0, 0.05) is 32.9 Å². The summed E-state index contributed by atoms with van der Waals surface area (Å²) >= 11 is 7.59. The Balaban J connectivity index is 1.83. The molecule has 0 spiro atoms. The number of nitrogens with one attached hydrogen (secondary N) is 1. The lowest BCUT2D eigenvalue weighted by Gasteiger charge is -2.11. The smallest absolute Gasteiger partial charge is 0.341 e. The van der Waals surface area contributed by atoms with Crippen LogP contribution in [0.5, 0.6) is 0 Å². The van der Waals surface area contributed by atoms with E-state index in [1.54, 1.807) is 6.92 Å². The highest BCUT2D eigenvalue weighted by Gasteiger charge is 2.27. The van der Waals surface area contributed by atoms with Gasteiger partial charge in [0.2, 0.25) is 0 Å². The predicted octanol–water partition coefficient (Wildman–Crippen LogP) is 7.09. The van der Waals surface area contributed by atoms with Gasteiger partial charge in [0.15, 0.2) is 0 Å². The van der Waals surface area contributed by atoms with Gasteiger partial charge in [-0.3, -0.25) is 4.79 Å². The molecule has 2 aromatic heterocycles. The maximum absolute atomic E-state index is 13.5. The molecule has 2 heterocycles. The molecular formula is C26H25ClN2O3S. The van der Waals surface area contributed by atoms with Gasteiger partial charge < -0.3 is 14.6 Å². The molecule has 1 amide bonds. The Hall–Kier alpha value is -3.09. The molecule has 2 aromatic carbocycles. The summed E-state index contributed by atoms with van der Waals surface area (Å²) < 4.78 is 7.33. The summed E-state index contributed by atoms with van der Waals surface area (Å²) in [6, 6.07) is 15.3. The molecule has 0 bridgehead atoms. The monoisotopic (exact) mass is 480 g/mol. The van der Waals surface area contributed by atoms with Crippen LogP contribution in [0.4, 0.5) is 5.00 Å². The van der Waals surface area contributed by atoms with Crippen molar-refractivity contribution >= 4 is 50.7 Å². The van der Waals surface area contributed by atoms with E-state index in [1.807, 2.05) is 73.9 Å². The van der Waals surface area contributed by atoms with E-state index in [0.29, 0.717) is 27.8 Å². The van der Waals surface area contributed by atoms with E-state index >= 15 is 0 Å². The first kappa shape index (κ1) is 23.1. The third-order valence-electron chi connectivity index (χ3n) is 5.66. The maximum atomic E-state index is 13.5. The van der Waals surface area contributed by atoms with Gasteiger partial charge in [-0.05, 0) is 57.0 Å². The Kier molecular flexibility index (Phi) is 6.58. The maximum Gasteiger partial charge on any atom is 0.341 e. The molecule has 0 saturated heterocycles. The first-order valence-corrected chi connectivity index (χ1v) is 12.0. The summed E-state index contributed by atoms with van der Waals surface area (Å²) in [5, 5.41) is 5.06. The van der Waals surface area contributed by atoms with Gasteiger partial charge in [-0.2, -0.15) is 0 Å². The molecule has 170 valence electrons. The molecule has 0 aliphatic carbocycles. The molecule has 0 radical (unpaired) electrons. The van der Waals surface area contributed by atoms with Crippen LogP contribution in [0.15, 0.2) is 48.5 Å². The van der Waals surface area contributed by atoms with Gasteiger partial charge in [0.05, 0.1) is 6.61 Å². The summed E-state index contributed by atoms with van der Waals surface area (Å²) in [4.78, 5) is 27.5. The molecular weight excluding hydrogens is 456 g/mol. The second kappa shape index (κ2) is 9.41. The summed E-state index contributed by atoms with van der Waals surface area (Å²) in [6.07, 6.45) is 0. The van der Waals surface area contributed by atoms with Crippen LogP contribution in [0, 0.1) is 13.8 Å². The molecule has 0 unspecified atom stereocenters. The van der Waals surface area contributed by atoms with Gasteiger partial charge in [0.1, 0.15) is 16.3 Å². The van der Waals surface area contributed by atoms with E-state index in [1.165, 1.54) is 11.3 Å². The van der Waals surface area contributed by atoms with Crippen molar-refractivity contribution in [3.8, 4) is 11.1 Å². The highest BCUT2D eigenvalue weighted by Crippen LogP contribution is 2.41. The number of fused-ring (bicyclic) bond motifs is 1. The minimum Gasteiger partial charge on any atom is -0.462 e. The lowest BCUT2D eigenvalue weighted by molar-refractivity contribution is 0.0529. The molecule has 0 aliphatic heterocycles. The lowest BCUT2D eigenvalue weighted by atomic mass is 10.0. The number of aromatic nitrogens is 1. The fraction of sp³-hybridized carbons (Fsp3) is 0.231. The highest BCUT2D eigenvalue weighted by atomic mass is 35.5. The van der Waals surface area contributed by atoms with Crippen molar-refractivity contribution in [2.24, 2.45) is 0 Å². The van der Waals surface area contributed by atoms with E-state index < -0.39 is 5.97 Å². The van der Waals surface area contributed by atoms with Crippen LogP contribution in [0.2, 0.25) is 5.02 Å². The molecule has 0 atom stereocenters. The molecule has 5 nitrogen and oxygen atoms in total. The number of halogens is 1. The fourth-order valence-electron chi connectivity index (χ4n) is 4.26. The third kappa shape index (κ3) is 4.16. The summed E-state index contributed by atoms with van der Waals surface area (Å²) in [5.41, 5.74) is 4.43. The number of thiophene rings is 1. The first-order chi connectivity index (χ1) is 15.9. The number of esters is 1. The van der Waals surface area contributed by atoms with Crippen molar-refractivity contribution in [3.63, 3.8) is 0 Å². The number of carbonyl (C=O) groups excluding carboxylic acids is 2. The van der Waals surface area contributed by atoms with Crippen LogP contribution in [-0.4, -0.2) is 23.1 Å². The van der Waals surface area contributed by atoms with Crippen molar-refractivity contribution in [3.05, 3.63) is 75.3 Å². The van der Waals surface area contributed by atoms with Crippen molar-refractivity contribution in [1.82, 2.24) is 4.57 Å². The van der Waals surface area contributed by atoms with E-state index in [4.69, 9.17) is 16.3 Å². The standard InChI is InChI=1S/C26H25ClN2O3S/c1-5-29-20-13-12-18(27)14-19(20)15(3)23(29)24(30)28-25-22(26(31)32-6-2)21(16(4)33-25)17-10-8-7-9-11-17/h7-14H,5-6H2,1-4H3,(H,28,30). The second-order valence-corrected chi connectivity index (χ2v) is 9.32. The molecule has 33 heavy (non-hydrogen) atoms. The molecule has 0 fully saturated rings. The number of rotatable bonds is 6. The molecule has 4 aromatic rings. The van der Waals surface area contributed by atoms with E-state index in [-0.39, 0.29) is 12.5 Å². The number of hydrogen-bond acceptors (Lipinski definition) is 4. The molecule has 0 saturated carbocycles. The van der Waals surface area contributed by atoms with Crippen molar-refractivity contribution in [2.75, 3.05) is 11.9 Å². The van der Waals surface area contributed by atoms with Crippen LogP contribution < -0.4 is 5.32 Å². The van der Waals surface area contributed by atoms with Crippen LogP contribution in [0.3, 0.4) is 0 Å². The summed E-state index contributed by atoms with van der Waals surface area (Å²) in [5.74, 6) is -0.719. The Morgan fingerprint density at radius 2 is 1.82 bits per heavy atom. The van der Waals surface area contributed by atoms with Gasteiger partial charge in [-0.25, -0.2) is 4.79 Å². The summed E-state index contributed by atoms with van der Waals surface area (Å²) in [6.45, 7) is 8.50. The van der Waals surface area contributed by atoms with Crippen molar-refractivity contribution in [1.29, 1.82) is 0 Å². The molecule has 1 N–H and O–H groups in total. The zero-order valence-electron chi connectivity index (χ0n) is 19.0. The van der Waals surface area contributed by atoms with Gasteiger partial charge in [-0.1, -0.05) is 41.9 Å². The quantitative estimate of drug-likeness (QED) is 0.300. The lowest BCUT2D eigenvalue weighted by Crippen LogP contribution is -2.19. The van der Waals surface area contributed by atoms with E-state index in [2.05, 4.69) is 5.32 Å². The van der Waals surface area contributed by atoms with Gasteiger partial charge >= 0.3 is 5.97 Å². The van der Waals surface area contributed by atoms with Crippen LogP contribution in [-0.2, 0) is 11.3 Å². The average molecular weight is 481 g/mol. The topological polar surface area (TPSA) is 60.3 Å². The zero-order chi connectivity index (χ0) is 23.7. The molecule has 4 rings (SSSR count). The van der Waals surface area contributed by atoms with Gasteiger partial charge in [-0.15, -0.1) is 11.3 Å². The normalized spacial score (nSPS) is 11.1. The number of amides is 1. The number of nitrogens with zero attached hydrogens (tertiary/aromatic N) is 1. The second-order valence-electron chi connectivity index (χ2n) is 7.66. The van der Waals surface area contributed by atoms with Crippen molar-refractivity contribution < 1.29 is 14.3 Å². The first-order valence-electron chi connectivity index (χ1n) is 10.8. The Bertz CT molecular complexity index is 1360. The largest absolute Gasteiger partial charge is 0.462 e. The highest BCUT2D eigenvalue weighted by molar-refractivity contribution is 7.17. The Morgan fingerprint density at radius 1 is 1.09 bits per heavy atom. The fourth-order valence-corrected chi connectivity index (χ4v) is 5.49. The Morgan fingerprint density at radius 3 is 2.48 bits per heavy atom. The molecule has 0 aliphatic rings. The number of carbonyl (C=O) groups is 2. The zero-order valence-corrected chi connectivity index (χ0v) is 20.6. The van der Waals surface area contributed by atoms with Gasteiger partial charge in [0.25, 0.3) is 5.91 Å². The minimum atomic E-state index is -0.449. The molecule has 7 heteroatoms. The van der Waals surface area contributed by atoms with Crippen LogP contribution in [0.1, 0.15) is 45.1 Å². The van der Waals surface area contributed by atoms with E-state index in [9.17, 15) is 9.59 Å². The summed E-state index contributed by atoms with van der Waals surface area (Å²) in [7, 11) is 0. The number of hydrogen-bond donors (Lipinski definition) is 1. The SMILES string of the molecule is CCOC(=O)c1c(NC(=O)c2c(C)c3cc(Cl)ccc3n2CC)sc(C)c1-c1ccccc1. The number of benzene rings is 2. The Labute approximate surface area is 201 Å². The number of anilines is 1.